The monoisotopic (exact) mass is 558 g/mol. The van der Waals surface area contributed by atoms with Crippen LogP contribution in [0.2, 0.25) is 0 Å². The first-order chi connectivity index (χ1) is 20.2. The van der Waals surface area contributed by atoms with Crippen molar-refractivity contribution in [2.75, 3.05) is 0 Å². The second-order valence-corrected chi connectivity index (χ2v) is 7.90. The van der Waals surface area contributed by atoms with E-state index in [9.17, 15) is 19.2 Å². The lowest BCUT2D eigenvalue weighted by Gasteiger charge is -2.11. The minimum absolute atomic E-state index is 0.0331. The Kier molecular flexibility index (Phi) is 10.5. The minimum atomic E-state index is -0.776. The van der Waals surface area contributed by atoms with Gasteiger partial charge < -0.3 is 18.9 Å². The molecule has 8 heteroatoms. The molecule has 3 aromatic rings. The van der Waals surface area contributed by atoms with Gasteiger partial charge in [0.05, 0.1) is 0 Å². The first-order valence-electron chi connectivity index (χ1n) is 12.0. The molecule has 0 saturated heterocycles. The number of carbonyl (C=O) groups is 4. The van der Waals surface area contributed by atoms with E-state index in [2.05, 4.69) is 50.0 Å². The molecule has 0 saturated carbocycles. The molecule has 0 aliphatic heterocycles. The van der Waals surface area contributed by atoms with E-state index < -0.39 is 23.9 Å². The van der Waals surface area contributed by atoms with Gasteiger partial charge in [-0.15, -0.1) is 0 Å². The van der Waals surface area contributed by atoms with E-state index in [-0.39, 0.29) is 17.1 Å². The molecule has 0 spiro atoms. The Balaban J connectivity index is 2.04. The standard InChI is InChI=1S/C34H22O8/c1-5-31(35)39-26-16-11-23(12-17-26)9-10-25-21-29(41-33(37)7-3)28(30(22-25)42-34(38)8-4)20-15-24-13-18-27(19-14-24)40-32(36)6-2/h5-8,11-14,16-19,21-22H,1-4H2. The van der Waals surface area contributed by atoms with Gasteiger partial charge >= 0.3 is 23.9 Å². The van der Waals surface area contributed by atoms with Crippen molar-refractivity contribution in [3.05, 3.63) is 134 Å². The summed E-state index contributed by atoms with van der Waals surface area (Å²) in [5.41, 5.74) is 1.51. The lowest BCUT2D eigenvalue weighted by molar-refractivity contribution is -0.130. The van der Waals surface area contributed by atoms with Crippen LogP contribution in [0.15, 0.2) is 111 Å². The molecule has 0 radical (unpaired) electrons. The molecule has 0 heterocycles. The zero-order chi connectivity index (χ0) is 30.5. The number of benzene rings is 3. The van der Waals surface area contributed by atoms with Crippen LogP contribution in [0.3, 0.4) is 0 Å². The van der Waals surface area contributed by atoms with Crippen LogP contribution in [0, 0.1) is 23.7 Å². The summed E-state index contributed by atoms with van der Waals surface area (Å²) < 4.78 is 20.9. The number of esters is 4. The van der Waals surface area contributed by atoms with Crippen LogP contribution >= 0.6 is 0 Å². The molecule has 0 aliphatic rings. The van der Waals surface area contributed by atoms with E-state index in [1.165, 1.54) is 24.3 Å². The summed E-state index contributed by atoms with van der Waals surface area (Å²) in [7, 11) is 0. The molecule has 0 aromatic heterocycles. The number of carbonyl (C=O) groups excluding carboxylic acids is 4. The Labute approximate surface area is 242 Å². The molecule has 0 aliphatic carbocycles. The highest BCUT2D eigenvalue weighted by atomic mass is 16.6. The second-order valence-electron chi connectivity index (χ2n) is 7.90. The molecule has 0 atom stereocenters. The van der Waals surface area contributed by atoms with Crippen molar-refractivity contribution >= 4 is 23.9 Å². The van der Waals surface area contributed by atoms with E-state index in [1.807, 2.05) is 0 Å². The van der Waals surface area contributed by atoms with Crippen molar-refractivity contribution < 1.29 is 38.1 Å². The third kappa shape index (κ3) is 8.84. The fraction of sp³-hybridized carbons (Fsp3) is 0. The van der Waals surface area contributed by atoms with Gasteiger partial charge in [0.15, 0.2) is 11.5 Å². The van der Waals surface area contributed by atoms with Crippen LogP contribution in [0.4, 0.5) is 0 Å². The number of hydrogen-bond acceptors (Lipinski definition) is 8. The molecule has 3 rings (SSSR count). The van der Waals surface area contributed by atoms with Gasteiger partial charge in [-0.05, 0) is 60.7 Å². The van der Waals surface area contributed by atoms with Crippen LogP contribution in [0.5, 0.6) is 23.0 Å². The first kappa shape index (κ1) is 30.2. The van der Waals surface area contributed by atoms with Crippen LogP contribution in [0.25, 0.3) is 0 Å². The van der Waals surface area contributed by atoms with Crippen LogP contribution in [0.1, 0.15) is 22.3 Å². The highest BCUT2D eigenvalue weighted by Crippen LogP contribution is 2.31. The molecule has 0 N–H and O–H groups in total. The highest BCUT2D eigenvalue weighted by molar-refractivity contribution is 5.86. The average Bonchev–Trinajstić information content (AvgIpc) is 3.00. The summed E-state index contributed by atoms with van der Waals surface area (Å²) in [6.45, 7) is 13.5. The molecular weight excluding hydrogens is 536 g/mol. The molecule has 0 bridgehead atoms. The predicted octanol–water partition coefficient (Wildman–Crippen LogP) is 4.85. The Morgan fingerprint density at radius 1 is 0.476 bits per heavy atom. The van der Waals surface area contributed by atoms with E-state index in [0.29, 0.717) is 28.2 Å². The van der Waals surface area contributed by atoms with Crippen LogP contribution in [-0.2, 0) is 19.2 Å². The quantitative estimate of drug-likeness (QED) is 0.167. The summed E-state index contributed by atoms with van der Waals surface area (Å²) in [6, 6.07) is 15.6. The third-order valence-electron chi connectivity index (χ3n) is 4.98. The Morgan fingerprint density at radius 3 is 1.19 bits per heavy atom. The smallest absolute Gasteiger partial charge is 0.335 e. The van der Waals surface area contributed by atoms with Gasteiger partial charge in [-0.3, -0.25) is 0 Å². The van der Waals surface area contributed by atoms with Crippen LogP contribution in [-0.4, -0.2) is 23.9 Å². The Hall–Kier alpha value is -6.38. The summed E-state index contributed by atoms with van der Waals surface area (Å²) in [5.74, 6) is 9.41. The van der Waals surface area contributed by atoms with E-state index in [1.54, 1.807) is 36.4 Å². The molecule has 0 fully saturated rings. The summed E-state index contributed by atoms with van der Waals surface area (Å²) in [6.07, 6.45) is 4.03. The van der Waals surface area contributed by atoms with Gasteiger partial charge in [0.25, 0.3) is 0 Å². The van der Waals surface area contributed by atoms with Crippen LogP contribution < -0.4 is 18.9 Å². The van der Waals surface area contributed by atoms with Crippen molar-refractivity contribution in [1.82, 2.24) is 0 Å². The van der Waals surface area contributed by atoms with Crippen molar-refractivity contribution in [2.24, 2.45) is 0 Å². The number of ether oxygens (including phenoxy) is 4. The fourth-order valence-electron chi connectivity index (χ4n) is 3.05. The first-order valence-corrected chi connectivity index (χ1v) is 12.0. The summed E-state index contributed by atoms with van der Waals surface area (Å²) in [4.78, 5) is 47.0. The maximum atomic E-state index is 12.1. The average molecular weight is 559 g/mol. The van der Waals surface area contributed by atoms with E-state index in [4.69, 9.17) is 18.9 Å². The topological polar surface area (TPSA) is 105 Å². The third-order valence-corrected chi connectivity index (χ3v) is 4.98. The summed E-state index contributed by atoms with van der Waals surface area (Å²) in [5, 5.41) is 0. The molecular formula is C34H22O8. The Morgan fingerprint density at radius 2 is 0.810 bits per heavy atom. The zero-order valence-electron chi connectivity index (χ0n) is 22.2. The maximum absolute atomic E-state index is 12.1. The van der Waals surface area contributed by atoms with E-state index in [0.717, 1.165) is 24.3 Å². The molecule has 42 heavy (non-hydrogen) atoms. The molecule has 8 nitrogen and oxygen atoms in total. The Bertz CT molecular complexity index is 1660. The molecule has 3 aromatic carbocycles. The van der Waals surface area contributed by atoms with Crippen molar-refractivity contribution in [3.63, 3.8) is 0 Å². The summed E-state index contributed by atoms with van der Waals surface area (Å²) >= 11 is 0. The highest BCUT2D eigenvalue weighted by Gasteiger charge is 2.16. The van der Waals surface area contributed by atoms with E-state index >= 15 is 0 Å². The fourth-order valence-corrected chi connectivity index (χ4v) is 3.05. The molecule has 0 amide bonds. The molecule has 206 valence electrons. The SMILES string of the molecule is C=CC(=O)Oc1ccc(C#Cc2cc(OC(=O)C=C)c(C#Cc3ccc(OC(=O)C=C)cc3)c(OC(=O)C=C)c2)cc1. The van der Waals surface area contributed by atoms with Gasteiger partial charge in [-0.25, -0.2) is 19.2 Å². The largest absolute Gasteiger partial charge is 0.423 e. The normalized spacial score (nSPS) is 9.33. The number of hydrogen-bond donors (Lipinski definition) is 0. The van der Waals surface area contributed by atoms with Gasteiger partial charge in [-0.1, -0.05) is 50.0 Å². The van der Waals surface area contributed by atoms with Crippen molar-refractivity contribution in [2.45, 2.75) is 0 Å². The molecule has 0 unspecified atom stereocenters. The zero-order valence-corrected chi connectivity index (χ0v) is 22.2. The lowest BCUT2D eigenvalue weighted by Crippen LogP contribution is -2.09. The predicted molar refractivity (Wildman–Crippen MR) is 155 cm³/mol. The van der Waals surface area contributed by atoms with Gasteiger partial charge in [-0.2, -0.15) is 0 Å². The second kappa shape index (κ2) is 14.7. The maximum Gasteiger partial charge on any atom is 0.335 e. The van der Waals surface area contributed by atoms with Crippen molar-refractivity contribution in [3.8, 4) is 46.7 Å². The van der Waals surface area contributed by atoms with Gasteiger partial charge in [0.1, 0.15) is 17.1 Å². The van der Waals surface area contributed by atoms with Gasteiger partial charge in [0, 0.05) is 41.0 Å². The minimum Gasteiger partial charge on any atom is -0.423 e. The van der Waals surface area contributed by atoms with Gasteiger partial charge in [0.2, 0.25) is 0 Å². The lowest BCUT2D eigenvalue weighted by atomic mass is 10.1. The van der Waals surface area contributed by atoms with Crippen molar-refractivity contribution in [1.29, 1.82) is 0 Å². The number of rotatable bonds is 8.